The van der Waals surface area contributed by atoms with E-state index in [1.54, 1.807) is 19.5 Å². The topological polar surface area (TPSA) is 42.4 Å². The summed E-state index contributed by atoms with van der Waals surface area (Å²) in [6.45, 7) is 0. The van der Waals surface area contributed by atoms with Gasteiger partial charge in [-0.2, -0.15) is 0 Å². The molecule has 1 aromatic carbocycles. The van der Waals surface area contributed by atoms with Gasteiger partial charge in [-0.3, -0.25) is 4.98 Å². The summed E-state index contributed by atoms with van der Waals surface area (Å²) >= 11 is 6.66. The van der Waals surface area contributed by atoms with E-state index < -0.39 is 0 Å². The molecule has 1 heterocycles. The third-order valence-electron chi connectivity index (χ3n) is 7.04. The first-order valence-electron chi connectivity index (χ1n) is 10.5. The largest absolute Gasteiger partial charge is 0.506 e. The van der Waals surface area contributed by atoms with Gasteiger partial charge < -0.3 is 9.84 Å². The smallest absolute Gasteiger partial charge is 0.142 e. The van der Waals surface area contributed by atoms with Crippen molar-refractivity contribution in [2.75, 3.05) is 7.11 Å². The molecule has 2 aromatic rings. The van der Waals surface area contributed by atoms with Gasteiger partial charge in [0.25, 0.3) is 0 Å². The molecule has 0 spiro atoms. The first-order valence-corrected chi connectivity index (χ1v) is 10.9. The lowest BCUT2D eigenvalue weighted by Crippen LogP contribution is -2.40. The van der Waals surface area contributed by atoms with Crippen LogP contribution in [-0.2, 0) is 4.74 Å². The molecule has 6 rings (SSSR count). The number of nitrogens with zero attached hydrogens (tertiary/aromatic N) is 1. The van der Waals surface area contributed by atoms with Crippen LogP contribution in [0.5, 0.6) is 5.75 Å². The number of ether oxygens (including phenoxy) is 1. The van der Waals surface area contributed by atoms with Gasteiger partial charge in [0.15, 0.2) is 0 Å². The predicted molar refractivity (Wildman–Crippen MR) is 117 cm³/mol. The molecule has 4 bridgehead atoms. The molecule has 3 nitrogen and oxygen atoms in total. The maximum atomic E-state index is 10.8. The minimum absolute atomic E-state index is 0.105. The fraction of sp³-hybridized carbons (Fsp3) is 0.400. The number of aromatic nitrogens is 1. The summed E-state index contributed by atoms with van der Waals surface area (Å²) in [5, 5.41) is 11.2. The van der Waals surface area contributed by atoms with Gasteiger partial charge in [-0.05, 0) is 85.1 Å². The molecule has 4 aliphatic carbocycles. The maximum absolute atomic E-state index is 10.8. The lowest BCUT2D eigenvalue weighted by molar-refractivity contribution is 0.0675. The van der Waals surface area contributed by atoms with Crippen molar-refractivity contribution in [2.24, 2.45) is 23.7 Å². The molecule has 0 aliphatic heterocycles. The van der Waals surface area contributed by atoms with Gasteiger partial charge in [0.1, 0.15) is 11.5 Å². The number of hydrogen-bond acceptors (Lipinski definition) is 3. The zero-order valence-electron chi connectivity index (χ0n) is 16.6. The Morgan fingerprint density at radius 2 is 1.66 bits per heavy atom. The molecule has 29 heavy (non-hydrogen) atoms. The van der Waals surface area contributed by atoms with Crippen LogP contribution in [0.1, 0.15) is 48.8 Å². The van der Waals surface area contributed by atoms with Crippen LogP contribution in [0.2, 0.25) is 5.02 Å². The molecule has 4 heteroatoms. The Balaban J connectivity index is 1.51. The van der Waals surface area contributed by atoms with Crippen LogP contribution in [0.3, 0.4) is 0 Å². The van der Waals surface area contributed by atoms with Crippen molar-refractivity contribution in [3.8, 4) is 5.75 Å². The van der Waals surface area contributed by atoms with E-state index in [-0.39, 0.29) is 5.75 Å². The van der Waals surface area contributed by atoms with Gasteiger partial charge in [-0.15, -0.1) is 0 Å². The van der Waals surface area contributed by atoms with Crippen molar-refractivity contribution in [3.63, 3.8) is 0 Å². The highest BCUT2D eigenvalue weighted by molar-refractivity contribution is 6.34. The average molecular weight is 408 g/mol. The molecule has 4 saturated carbocycles. The monoisotopic (exact) mass is 407 g/mol. The van der Waals surface area contributed by atoms with Gasteiger partial charge in [0, 0.05) is 23.5 Å². The molecule has 1 aromatic heterocycles. The highest BCUT2D eigenvalue weighted by Gasteiger charge is 2.46. The second-order valence-electron chi connectivity index (χ2n) is 8.77. The third-order valence-corrected chi connectivity index (χ3v) is 7.42. The van der Waals surface area contributed by atoms with E-state index in [2.05, 4.69) is 4.98 Å². The van der Waals surface area contributed by atoms with E-state index in [1.807, 2.05) is 36.4 Å². The zero-order chi connectivity index (χ0) is 20.0. The molecule has 150 valence electrons. The normalized spacial score (nSPS) is 27.6. The number of phenols is 1. The summed E-state index contributed by atoms with van der Waals surface area (Å²) in [7, 11) is 1.73. The zero-order valence-corrected chi connectivity index (χ0v) is 17.4. The van der Waals surface area contributed by atoms with Crippen molar-refractivity contribution in [3.05, 3.63) is 63.9 Å². The van der Waals surface area contributed by atoms with Gasteiger partial charge in [0.05, 0.1) is 12.1 Å². The van der Waals surface area contributed by atoms with E-state index in [0.29, 0.717) is 22.4 Å². The average Bonchev–Trinajstić information content (AvgIpc) is 2.73. The molecular weight excluding hydrogens is 382 g/mol. The highest BCUT2D eigenvalue weighted by Crippen LogP contribution is 2.58. The van der Waals surface area contributed by atoms with Crippen LogP contribution >= 0.6 is 11.6 Å². The Kier molecular flexibility index (Phi) is 4.87. The van der Waals surface area contributed by atoms with Crippen molar-refractivity contribution in [1.82, 2.24) is 4.98 Å². The molecule has 0 radical (unpaired) electrons. The van der Waals surface area contributed by atoms with Crippen LogP contribution in [0.4, 0.5) is 0 Å². The Labute approximate surface area is 177 Å². The molecule has 4 aliphatic rings. The highest BCUT2D eigenvalue weighted by atomic mass is 35.5. The summed E-state index contributed by atoms with van der Waals surface area (Å²) in [6.07, 6.45) is 13.9. The molecule has 0 unspecified atom stereocenters. The summed E-state index contributed by atoms with van der Waals surface area (Å²) in [6, 6.07) is 7.75. The number of aromatic hydroxyl groups is 1. The summed E-state index contributed by atoms with van der Waals surface area (Å²) < 4.78 is 5.93. The van der Waals surface area contributed by atoms with Crippen LogP contribution in [-0.4, -0.2) is 17.2 Å². The maximum Gasteiger partial charge on any atom is 0.142 e. The van der Waals surface area contributed by atoms with Crippen molar-refractivity contribution in [2.45, 2.75) is 32.1 Å². The van der Waals surface area contributed by atoms with Gasteiger partial charge in [0.2, 0.25) is 0 Å². The first kappa shape index (κ1) is 18.7. The molecule has 0 saturated heterocycles. The van der Waals surface area contributed by atoms with E-state index in [0.717, 1.165) is 28.7 Å². The molecule has 1 N–H and O–H groups in total. The van der Waals surface area contributed by atoms with E-state index >= 15 is 0 Å². The van der Waals surface area contributed by atoms with Crippen LogP contribution < -0.4 is 0 Å². The Bertz CT molecular complexity index is 950. The number of allylic oxidation sites excluding steroid dienone is 1. The number of pyridine rings is 1. The van der Waals surface area contributed by atoms with Crippen molar-refractivity contribution >= 4 is 29.5 Å². The fourth-order valence-electron chi connectivity index (χ4n) is 6.00. The predicted octanol–water partition coefficient (Wildman–Crippen LogP) is 6.42. The number of phenolic OH excluding ortho intramolecular Hbond substituents is 1. The summed E-state index contributed by atoms with van der Waals surface area (Å²) in [5.41, 5.74) is 3.98. The number of halogens is 1. The minimum atomic E-state index is 0.105. The Hall–Kier alpha value is -2.26. The third kappa shape index (κ3) is 3.36. The van der Waals surface area contributed by atoms with Crippen molar-refractivity contribution < 1.29 is 9.84 Å². The van der Waals surface area contributed by atoms with Crippen molar-refractivity contribution in [1.29, 1.82) is 0 Å². The molecule has 0 atom stereocenters. The number of benzene rings is 1. The number of rotatable bonds is 4. The van der Waals surface area contributed by atoms with Crippen LogP contribution in [0, 0.1) is 23.7 Å². The van der Waals surface area contributed by atoms with Crippen LogP contribution in [0.15, 0.2) is 42.2 Å². The Morgan fingerprint density at radius 3 is 2.28 bits per heavy atom. The molecule has 0 amide bonds. The van der Waals surface area contributed by atoms with E-state index in [1.165, 1.54) is 37.7 Å². The molecule has 4 fully saturated rings. The van der Waals surface area contributed by atoms with Gasteiger partial charge in [-0.1, -0.05) is 29.8 Å². The molecular formula is C25H26ClNO2. The number of methoxy groups -OCH3 is 1. The summed E-state index contributed by atoms with van der Waals surface area (Å²) in [4.78, 5) is 4.02. The summed E-state index contributed by atoms with van der Waals surface area (Å²) in [5.74, 6) is 4.02. The van der Waals surface area contributed by atoms with Gasteiger partial charge >= 0.3 is 0 Å². The van der Waals surface area contributed by atoms with E-state index in [9.17, 15) is 5.11 Å². The standard InChI is InChI=1S/C25H26ClNO2/c1-29-25(22-19-11-16-10-17(13-19)14-20(22)12-16)21-5-4-18(24(28)23(21)26)3-2-15-6-8-27-9-7-15/h2-9,16-17,19-20,28H,10-14H2,1H3/b3-2+,25-22?. The SMILES string of the molecule is COC(=C1C2CC3CC(C2)CC1C3)c1ccc(/C=C/c2ccncc2)c(O)c1Cl. The lowest BCUT2D eigenvalue weighted by Gasteiger charge is -2.51. The first-order chi connectivity index (χ1) is 14.1. The van der Waals surface area contributed by atoms with Gasteiger partial charge in [-0.25, -0.2) is 0 Å². The fourth-order valence-corrected chi connectivity index (χ4v) is 6.25. The van der Waals surface area contributed by atoms with Crippen LogP contribution in [0.25, 0.3) is 17.9 Å². The minimum Gasteiger partial charge on any atom is -0.506 e. The quantitative estimate of drug-likeness (QED) is 0.594. The second kappa shape index (κ2) is 7.53. The Morgan fingerprint density at radius 1 is 1.00 bits per heavy atom. The number of hydrogen-bond donors (Lipinski definition) is 1. The second-order valence-corrected chi connectivity index (χ2v) is 9.15. The van der Waals surface area contributed by atoms with E-state index in [4.69, 9.17) is 16.3 Å². The lowest BCUT2D eigenvalue weighted by atomic mass is 9.54.